The molecule has 0 fully saturated rings. The fourth-order valence-electron chi connectivity index (χ4n) is 1.27. The molecule has 0 aliphatic carbocycles. The zero-order valence-corrected chi connectivity index (χ0v) is 9.33. The van der Waals surface area contributed by atoms with E-state index in [-0.39, 0.29) is 5.91 Å². The lowest BCUT2D eigenvalue weighted by molar-refractivity contribution is -0.114. The molecule has 1 aromatic rings. The molecule has 0 spiro atoms. The van der Waals surface area contributed by atoms with Crippen LogP contribution in [0.4, 0.5) is 5.69 Å². The lowest BCUT2D eigenvalue weighted by Gasteiger charge is -2.11. The van der Waals surface area contributed by atoms with E-state index in [9.17, 15) is 4.79 Å². The fourth-order valence-corrected chi connectivity index (χ4v) is 1.27. The minimum Gasteiger partial charge on any atom is -0.495 e. The number of amides is 1. The van der Waals surface area contributed by atoms with Crippen molar-refractivity contribution in [2.24, 2.45) is 0 Å². The standard InChI is InChI=1S/C11H12N2O3/c1-7(14)13-9-5-10(15-2)8(6-12)4-11(9)16-3/h4-5H,1-3H3,(H,13,14). The fraction of sp³-hybridized carbons (Fsp3) is 0.273. The summed E-state index contributed by atoms with van der Waals surface area (Å²) >= 11 is 0. The summed E-state index contributed by atoms with van der Waals surface area (Å²) in [5, 5.41) is 11.5. The van der Waals surface area contributed by atoms with Crippen LogP contribution in [-0.4, -0.2) is 20.1 Å². The average molecular weight is 220 g/mol. The summed E-state index contributed by atoms with van der Waals surface area (Å²) < 4.78 is 10.1. The van der Waals surface area contributed by atoms with Gasteiger partial charge >= 0.3 is 0 Å². The molecular formula is C11H12N2O3. The molecule has 5 heteroatoms. The van der Waals surface area contributed by atoms with Crippen molar-refractivity contribution in [1.29, 1.82) is 5.26 Å². The number of nitrogens with one attached hydrogen (secondary N) is 1. The van der Waals surface area contributed by atoms with Crippen LogP contribution in [0.3, 0.4) is 0 Å². The Morgan fingerprint density at radius 2 is 1.94 bits per heavy atom. The van der Waals surface area contributed by atoms with Gasteiger partial charge in [0.1, 0.15) is 17.6 Å². The van der Waals surface area contributed by atoms with Gasteiger partial charge in [-0.1, -0.05) is 0 Å². The molecule has 1 amide bonds. The van der Waals surface area contributed by atoms with Gasteiger partial charge in [-0.3, -0.25) is 4.79 Å². The maximum absolute atomic E-state index is 11.0. The van der Waals surface area contributed by atoms with Gasteiger partial charge in [-0.15, -0.1) is 0 Å². The highest BCUT2D eigenvalue weighted by molar-refractivity contribution is 5.91. The number of nitrogens with zero attached hydrogens (tertiary/aromatic N) is 1. The van der Waals surface area contributed by atoms with Crippen LogP contribution in [0.5, 0.6) is 11.5 Å². The summed E-state index contributed by atoms with van der Waals surface area (Å²) in [5.74, 6) is 0.602. The first-order valence-electron chi connectivity index (χ1n) is 4.56. The van der Waals surface area contributed by atoms with Crippen LogP contribution in [0, 0.1) is 11.3 Å². The summed E-state index contributed by atoms with van der Waals surface area (Å²) in [4.78, 5) is 11.0. The molecule has 0 atom stereocenters. The number of ether oxygens (including phenoxy) is 2. The van der Waals surface area contributed by atoms with Crippen LogP contribution in [0.25, 0.3) is 0 Å². The first-order chi connectivity index (χ1) is 7.62. The molecule has 0 saturated carbocycles. The van der Waals surface area contributed by atoms with Crippen LogP contribution < -0.4 is 14.8 Å². The van der Waals surface area contributed by atoms with Gasteiger partial charge in [0, 0.05) is 19.1 Å². The zero-order chi connectivity index (χ0) is 12.1. The molecule has 0 unspecified atom stereocenters. The highest BCUT2D eigenvalue weighted by atomic mass is 16.5. The smallest absolute Gasteiger partial charge is 0.221 e. The number of nitriles is 1. The Balaban J connectivity index is 3.27. The summed E-state index contributed by atoms with van der Waals surface area (Å²) in [6, 6.07) is 5.06. The second kappa shape index (κ2) is 5.03. The number of carbonyl (C=O) groups excluding carboxylic acids is 1. The number of methoxy groups -OCH3 is 2. The van der Waals surface area contributed by atoms with Crippen molar-refractivity contribution < 1.29 is 14.3 Å². The van der Waals surface area contributed by atoms with E-state index in [1.54, 1.807) is 6.07 Å². The van der Waals surface area contributed by atoms with E-state index in [0.29, 0.717) is 22.7 Å². The Kier molecular flexibility index (Phi) is 3.72. The third-order valence-electron chi connectivity index (χ3n) is 1.95. The number of hydrogen-bond donors (Lipinski definition) is 1. The van der Waals surface area contributed by atoms with E-state index in [0.717, 1.165) is 0 Å². The van der Waals surface area contributed by atoms with Gasteiger partial charge < -0.3 is 14.8 Å². The monoisotopic (exact) mass is 220 g/mol. The highest BCUT2D eigenvalue weighted by Crippen LogP contribution is 2.32. The molecule has 16 heavy (non-hydrogen) atoms. The summed E-state index contributed by atoms with van der Waals surface area (Å²) in [7, 11) is 2.93. The number of anilines is 1. The summed E-state index contributed by atoms with van der Waals surface area (Å²) in [6.45, 7) is 1.39. The first-order valence-corrected chi connectivity index (χ1v) is 4.56. The predicted octanol–water partition coefficient (Wildman–Crippen LogP) is 1.53. The molecule has 0 radical (unpaired) electrons. The Bertz CT molecular complexity index is 449. The molecule has 0 heterocycles. The highest BCUT2D eigenvalue weighted by Gasteiger charge is 2.11. The minimum absolute atomic E-state index is 0.218. The third kappa shape index (κ3) is 2.42. The largest absolute Gasteiger partial charge is 0.495 e. The van der Waals surface area contributed by atoms with Crippen LogP contribution in [0.1, 0.15) is 12.5 Å². The van der Waals surface area contributed by atoms with Gasteiger partial charge in [-0.25, -0.2) is 0 Å². The van der Waals surface area contributed by atoms with Crippen molar-refractivity contribution >= 4 is 11.6 Å². The number of hydrogen-bond acceptors (Lipinski definition) is 4. The Morgan fingerprint density at radius 1 is 1.31 bits per heavy atom. The molecule has 1 rings (SSSR count). The summed E-state index contributed by atoms with van der Waals surface area (Å²) in [5.41, 5.74) is 0.833. The summed E-state index contributed by atoms with van der Waals surface area (Å²) in [6.07, 6.45) is 0. The van der Waals surface area contributed by atoms with Gasteiger partial charge in [0.2, 0.25) is 5.91 Å². The topological polar surface area (TPSA) is 71.3 Å². The van der Waals surface area contributed by atoms with Crippen LogP contribution in [0.15, 0.2) is 12.1 Å². The molecule has 1 aromatic carbocycles. The molecule has 1 N–H and O–H groups in total. The van der Waals surface area contributed by atoms with Gasteiger partial charge in [0.05, 0.1) is 25.5 Å². The van der Waals surface area contributed by atoms with Crippen molar-refractivity contribution in [1.82, 2.24) is 0 Å². The zero-order valence-electron chi connectivity index (χ0n) is 9.33. The quantitative estimate of drug-likeness (QED) is 0.838. The lowest BCUT2D eigenvalue weighted by atomic mass is 10.1. The average Bonchev–Trinajstić information content (AvgIpc) is 2.27. The van der Waals surface area contributed by atoms with Gasteiger partial charge in [-0.2, -0.15) is 5.26 Å². The lowest BCUT2D eigenvalue weighted by Crippen LogP contribution is -2.07. The van der Waals surface area contributed by atoms with Crippen molar-refractivity contribution in [2.75, 3.05) is 19.5 Å². The van der Waals surface area contributed by atoms with E-state index < -0.39 is 0 Å². The Hall–Kier alpha value is -2.22. The molecule has 0 aliphatic heterocycles. The van der Waals surface area contributed by atoms with Crippen LogP contribution in [-0.2, 0) is 4.79 Å². The Morgan fingerprint density at radius 3 is 2.38 bits per heavy atom. The van der Waals surface area contributed by atoms with Crippen LogP contribution in [0.2, 0.25) is 0 Å². The number of benzene rings is 1. The van der Waals surface area contributed by atoms with Gasteiger partial charge in [0.15, 0.2) is 0 Å². The van der Waals surface area contributed by atoms with E-state index in [2.05, 4.69) is 5.32 Å². The van der Waals surface area contributed by atoms with Crippen molar-refractivity contribution in [3.8, 4) is 17.6 Å². The van der Waals surface area contributed by atoms with Crippen molar-refractivity contribution in [3.63, 3.8) is 0 Å². The minimum atomic E-state index is -0.218. The van der Waals surface area contributed by atoms with Crippen molar-refractivity contribution in [2.45, 2.75) is 6.92 Å². The molecule has 0 aromatic heterocycles. The third-order valence-corrected chi connectivity index (χ3v) is 1.95. The second-order valence-corrected chi connectivity index (χ2v) is 3.05. The predicted molar refractivity (Wildman–Crippen MR) is 58.6 cm³/mol. The van der Waals surface area contributed by atoms with Crippen LogP contribution >= 0.6 is 0 Å². The van der Waals surface area contributed by atoms with E-state index in [4.69, 9.17) is 14.7 Å². The SMILES string of the molecule is COc1cc(NC(C)=O)c(OC)cc1C#N. The maximum Gasteiger partial charge on any atom is 0.221 e. The molecule has 84 valence electrons. The molecule has 5 nitrogen and oxygen atoms in total. The van der Waals surface area contributed by atoms with E-state index in [1.165, 1.54) is 27.2 Å². The second-order valence-electron chi connectivity index (χ2n) is 3.05. The van der Waals surface area contributed by atoms with E-state index >= 15 is 0 Å². The first kappa shape index (κ1) is 11.9. The molecule has 0 aliphatic rings. The molecule has 0 bridgehead atoms. The molecular weight excluding hydrogens is 208 g/mol. The maximum atomic E-state index is 11.0. The van der Waals surface area contributed by atoms with Gasteiger partial charge in [-0.05, 0) is 0 Å². The van der Waals surface area contributed by atoms with Gasteiger partial charge in [0.25, 0.3) is 0 Å². The molecule has 0 saturated heterocycles. The number of carbonyl (C=O) groups is 1. The normalized spacial score (nSPS) is 9.12. The Labute approximate surface area is 93.6 Å². The van der Waals surface area contributed by atoms with Crippen molar-refractivity contribution in [3.05, 3.63) is 17.7 Å². The van der Waals surface area contributed by atoms with E-state index in [1.807, 2.05) is 6.07 Å². The number of rotatable bonds is 3.